The molecule has 0 unspecified atom stereocenters. The van der Waals surface area contributed by atoms with Gasteiger partial charge in [0.2, 0.25) is 0 Å². The molecule has 6 nitrogen and oxygen atoms in total. The van der Waals surface area contributed by atoms with Crippen LogP contribution in [0.2, 0.25) is 5.02 Å². The molecule has 136 valence electrons. The van der Waals surface area contributed by atoms with Gasteiger partial charge in [-0.15, -0.1) is 0 Å². The van der Waals surface area contributed by atoms with E-state index in [1.54, 1.807) is 12.1 Å². The van der Waals surface area contributed by atoms with E-state index in [0.29, 0.717) is 10.1 Å². The van der Waals surface area contributed by atoms with Gasteiger partial charge in [-0.25, -0.2) is 0 Å². The van der Waals surface area contributed by atoms with E-state index >= 15 is 0 Å². The lowest BCUT2D eigenvalue weighted by molar-refractivity contribution is -0.384. The van der Waals surface area contributed by atoms with Gasteiger partial charge in [0, 0.05) is 54.7 Å². The third kappa shape index (κ3) is 4.05. The monoisotopic (exact) mass is 390 g/mol. The summed E-state index contributed by atoms with van der Waals surface area (Å²) in [6.45, 7) is 5.12. The van der Waals surface area contributed by atoms with Crippen LogP contribution in [0, 0.1) is 17.0 Å². The van der Waals surface area contributed by atoms with Gasteiger partial charge in [-0.3, -0.25) is 10.1 Å². The number of hydrogen-bond donors (Lipinski definition) is 1. The first-order valence-electron chi connectivity index (χ1n) is 8.26. The summed E-state index contributed by atoms with van der Waals surface area (Å²) in [4.78, 5) is 14.7. The van der Waals surface area contributed by atoms with Crippen molar-refractivity contribution in [1.29, 1.82) is 0 Å². The largest absolute Gasteiger partial charge is 0.368 e. The van der Waals surface area contributed by atoms with Gasteiger partial charge < -0.3 is 15.1 Å². The van der Waals surface area contributed by atoms with E-state index in [0.717, 1.165) is 43.1 Å². The molecule has 3 rings (SSSR count). The molecule has 0 bridgehead atoms. The van der Waals surface area contributed by atoms with Gasteiger partial charge in [-0.2, -0.15) is 0 Å². The molecule has 0 aromatic heterocycles. The van der Waals surface area contributed by atoms with Gasteiger partial charge in [-0.1, -0.05) is 17.7 Å². The quantitative estimate of drug-likeness (QED) is 0.484. The molecule has 1 heterocycles. The van der Waals surface area contributed by atoms with Crippen LogP contribution in [0.15, 0.2) is 42.5 Å². The third-order valence-electron chi connectivity index (χ3n) is 4.50. The minimum absolute atomic E-state index is 0.106. The Bertz CT molecular complexity index is 820. The highest BCUT2D eigenvalue weighted by atomic mass is 35.5. The van der Waals surface area contributed by atoms with Crippen molar-refractivity contribution >= 4 is 46.0 Å². The minimum atomic E-state index is -0.385. The first-order valence-corrected chi connectivity index (χ1v) is 9.05. The maximum absolute atomic E-state index is 10.8. The van der Waals surface area contributed by atoms with Crippen molar-refractivity contribution in [3.63, 3.8) is 0 Å². The summed E-state index contributed by atoms with van der Waals surface area (Å²) in [5.41, 5.74) is 2.98. The smallest absolute Gasteiger partial charge is 0.269 e. The zero-order valence-electron chi connectivity index (χ0n) is 14.3. The zero-order chi connectivity index (χ0) is 18.7. The van der Waals surface area contributed by atoms with E-state index in [1.807, 2.05) is 25.1 Å². The van der Waals surface area contributed by atoms with Crippen molar-refractivity contribution in [3.05, 3.63) is 63.2 Å². The maximum atomic E-state index is 10.8. The molecule has 1 aliphatic heterocycles. The zero-order valence-corrected chi connectivity index (χ0v) is 15.9. The molecule has 0 spiro atoms. The lowest BCUT2D eigenvalue weighted by Crippen LogP contribution is -2.50. The Kier molecular flexibility index (Phi) is 5.58. The van der Waals surface area contributed by atoms with Crippen molar-refractivity contribution in [2.24, 2.45) is 0 Å². The predicted octanol–water partition coefficient (Wildman–Crippen LogP) is 4.08. The lowest BCUT2D eigenvalue weighted by atomic mass is 10.2. The molecule has 0 amide bonds. The molecular weight excluding hydrogens is 372 g/mol. The van der Waals surface area contributed by atoms with E-state index < -0.39 is 0 Å². The number of nitrogens with one attached hydrogen (secondary N) is 1. The van der Waals surface area contributed by atoms with Crippen molar-refractivity contribution in [3.8, 4) is 0 Å². The van der Waals surface area contributed by atoms with Crippen LogP contribution in [0.1, 0.15) is 5.56 Å². The number of hydrogen-bond acceptors (Lipinski definition) is 4. The third-order valence-corrected chi connectivity index (χ3v) is 5.27. The Labute approximate surface area is 162 Å². The summed E-state index contributed by atoms with van der Waals surface area (Å²) >= 11 is 11.7. The Morgan fingerprint density at radius 2 is 1.81 bits per heavy atom. The Morgan fingerprint density at radius 3 is 2.42 bits per heavy atom. The highest BCUT2D eigenvalue weighted by Crippen LogP contribution is 2.24. The number of anilines is 2. The first-order chi connectivity index (χ1) is 12.5. The summed E-state index contributed by atoms with van der Waals surface area (Å²) < 4.78 is 0. The first kappa shape index (κ1) is 18.4. The lowest BCUT2D eigenvalue weighted by Gasteiger charge is -2.37. The van der Waals surface area contributed by atoms with Gasteiger partial charge in [0.25, 0.3) is 5.69 Å². The summed E-state index contributed by atoms with van der Waals surface area (Å²) in [5.74, 6) is 0. The normalized spacial score (nSPS) is 14.2. The molecular formula is C18H19ClN4O2S. The van der Waals surface area contributed by atoms with Gasteiger partial charge in [0.1, 0.15) is 0 Å². The predicted molar refractivity (Wildman–Crippen MR) is 109 cm³/mol. The Balaban J connectivity index is 1.58. The number of nitro benzene ring substituents is 1. The second kappa shape index (κ2) is 7.88. The summed E-state index contributed by atoms with van der Waals surface area (Å²) in [6, 6.07) is 12.4. The van der Waals surface area contributed by atoms with Gasteiger partial charge in [-0.05, 0) is 49.0 Å². The average molecular weight is 391 g/mol. The van der Waals surface area contributed by atoms with E-state index in [2.05, 4.69) is 15.1 Å². The molecule has 26 heavy (non-hydrogen) atoms. The molecule has 0 radical (unpaired) electrons. The molecule has 8 heteroatoms. The van der Waals surface area contributed by atoms with E-state index in [4.69, 9.17) is 23.8 Å². The van der Waals surface area contributed by atoms with Crippen LogP contribution in [0.3, 0.4) is 0 Å². The molecule has 2 aromatic rings. The number of non-ortho nitro benzene ring substituents is 1. The second-order valence-corrected chi connectivity index (χ2v) is 6.88. The number of benzene rings is 2. The Morgan fingerprint density at radius 1 is 1.15 bits per heavy atom. The maximum Gasteiger partial charge on any atom is 0.269 e. The number of thiocarbonyl (C=S) groups is 1. The highest BCUT2D eigenvalue weighted by Gasteiger charge is 2.20. The summed E-state index contributed by atoms with van der Waals surface area (Å²) in [6.07, 6.45) is 0. The van der Waals surface area contributed by atoms with E-state index in [-0.39, 0.29) is 10.6 Å². The number of piperazine rings is 1. The van der Waals surface area contributed by atoms with Crippen LogP contribution >= 0.6 is 23.8 Å². The fourth-order valence-electron chi connectivity index (χ4n) is 2.89. The standard InChI is InChI=1S/C18H19ClN4O2S/c1-13-16(19)3-2-4-17(13)20-18(26)22-11-9-21(10-12-22)14-5-7-15(8-6-14)23(24)25/h2-8H,9-12H2,1H3,(H,20,26). The fourth-order valence-corrected chi connectivity index (χ4v) is 3.36. The van der Waals surface area contributed by atoms with E-state index in [1.165, 1.54) is 12.1 Å². The molecule has 1 aliphatic rings. The number of rotatable bonds is 3. The van der Waals surface area contributed by atoms with Gasteiger partial charge >= 0.3 is 0 Å². The van der Waals surface area contributed by atoms with E-state index in [9.17, 15) is 10.1 Å². The molecule has 1 fully saturated rings. The minimum Gasteiger partial charge on any atom is -0.368 e. The van der Waals surface area contributed by atoms with Crippen molar-refractivity contribution < 1.29 is 4.92 Å². The van der Waals surface area contributed by atoms with Crippen LogP contribution < -0.4 is 10.2 Å². The SMILES string of the molecule is Cc1c(Cl)cccc1NC(=S)N1CCN(c2ccc([N+](=O)[O-])cc2)CC1. The van der Waals surface area contributed by atoms with Gasteiger partial charge in [0.05, 0.1) is 4.92 Å². The van der Waals surface area contributed by atoms with Crippen LogP contribution in [-0.2, 0) is 0 Å². The van der Waals surface area contributed by atoms with Crippen molar-refractivity contribution in [2.45, 2.75) is 6.92 Å². The Hall–Kier alpha value is -2.38. The molecule has 0 saturated carbocycles. The molecule has 0 aliphatic carbocycles. The highest BCUT2D eigenvalue weighted by molar-refractivity contribution is 7.80. The van der Waals surface area contributed by atoms with Crippen molar-refractivity contribution in [2.75, 3.05) is 36.4 Å². The van der Waals surface area contributed by atoms with Crippen LogP contribution in [0.5, 0.6) is 0 Å². The number of nitrogens with zero attached hydrogens (tertiary/aromatic N) is 3. The summed E-state index contributed by atoms with van der Waals surface area (Å²) in [7, 11) is 0. The average Bonchev–Trinajstić information content (AvgIpc) is 2.65. The topological polar surface area (TPSA) is 61.6 Å². The number of nitro groups is 1. The van der Waals surface area contributed by atoms with Gasteiger partial charge in [0.15, 0.2) is 5.11 Å². The molecule has 0 atom stereocenters. The summed E-state index contributed by atoms with van der Waals surface area (Å²) in [5, 5.41) is 15.4. The fraction of sp³-hybridized carbons (Fsp3) is 0.278. The molecule has 1 saturated heterocycles. The van der Waals surface area contributed by atoms with Crippen molar-refractivity contribution in [1.82, 2.24) is 4.90 Å². The van der Waals surface area contributed by atoms with Crippen LogP contribution in [-0.4, -0.2) is 41.1 Å². The molecule has 2 aromatic carbocycles. The second-order valence-electron chi connectivity index (χ2n) is 6.09. The number of halogens is 1. The molecule has 1 N–H and O–H groups in total. The van der Waals surface area contributed by atoms with Crippen LogP contribution in [0.4, 0.5) is 17.1 Å². The van der Waals surface area contributed by atoms with Crippen LogP contribution in [0.25, 0.3) is 0 Å².